The van der Waals surface area contributed by atoms with E-state index in [4.69, 9.17) is 0 Å². The zero-order valence-corrected chi connectivity index (χ0v) is 10.2. The third-order valence-electron chi connectivity index (χ3n) is 3.17. The number of carbonyl (C=O) groups excluding carboxylic acids is 1. The summed E-state index contributed by atoms with van der Waals surface area (Å²) in [5, 5.41) is 5.56. The first-order chi connectivity index (χ1) is 8.58. The van der Waals surface area contributed by atoms with Crippen molar-refractivity contribution in [3.05, 3.63) is 29.3 Å². The van der Waals surface area contributed by atoms with Gasteiger partial charge in [-0.2, -0.15) is 0 Å². The molecule has 0 saturated carbocycles. The highest BCUT2D eigenvalue weighted by atomic mass is 19.1. The van der Waals surface area contributed by atoms with Crippen LogP contribution in [0.25, 0.3) is 0 Å². The summed E-state index contributed by atoms with van der Waals surface area (Å²) in [6, 6.07) is 2.11. The van der Waals surface area contributed by atoms with Crippen LogP contribution in [0, 0.1) is 24.5 Å². The molecule has 0 aliphatic carbocycles. The van der Waals surface area contributed by atoms with Crippen LogP contribution in [0.1, 0.15) is 18.4 Å². The van der Waals surface area contributed by atoms with Gasteiger partial charge in [0.1, 0.15) is 11.6 Å². The van der Waals surface area contributed by atoms with Gasteiger partial charge in [0.2, 0.25) is 5.91 Å². The number of hydrogen-bond acceptors (Lipinski definition) is 2. The summed E-state index contributed by atoms with van der Waals surface area (Å²) in [4.78, 5) is 11.9. The Kier molecular flexibility index (Phi) is 3.91. The van der Waals surface area contributed by atoms with Gasteiger partial charge >= 0.3 is 0 Å². The van der Waals surface area contributed by atoms with E-state index in [1.54, 1.807) is 0 Å². The van der Waals surface area contributed by atoms with E-state index in [9.17, 15) is 13.6 Å². The minimum absolute atomic E-state index is 0.0892. The molecule has 5 heteroatoms. The van der Waals surface area contributed by atoms with Crippen molar-refractivity contribution >= 4 is 11.6 Å². The maximum Gasteiger partial charge on any atom is 0.228 e. The largest absolute Gasteiger partial charge is 0.323 e. The van der Waals surface area contributed by atoms with E-state index in [0.717, 1.165) is 31.5 Å². The number of anilines is 1. The fourth-order valence-corrected chi connectivity index (χ4v) is 2.05. The summed E-state index contributed by atoms with van der Waals surface area (Å²) in [5.74, 6) is -1.56. The Morgan fingerprint density at radius 3 is 2.83 bits per heavy atom. The standard InChI is InChI=1S/C13H16F2N2O/c1-8-5-11(15)12(6-10(8)14)17-13(18)9-3-2-4-16-7-9/h5-6,9,16H,2-4,7H2,1H3,(H,17,18)/t9-/m0/s1. The molecule has 0 spiro atoms. The Hall–Kier alpha value is -1.49. The third kappa shape index (κ3) is 2.85. The van der Waals surface area contributed by atoms with Crippen molar-refractivity contribution in [3.63, 3.8) is 0 Å². The number of piperidine rings is 1. The van der Waals surface area contributed by atoms with Crippen molar-refractivity contribution < 1.29 is 13.6 Å². The Labute approximate surface area is 105 Å². The van der Waals surface area contributed by atoms with Crippen LogP contribution in [0.5, 0.6) is 0 Å². The van der Waals surface area contributed by atoms with Crippen molar-refractivity contribution in [1.82, 2.24) is 5.32 Å². The smallest absolute Gasteiger partial charge is 0.228 e. The minimum Gasteiger partial charge on any atom is -0.323 e. The van der Waals surface area contributed by atoms with Crippen molar-refractivity contribution in [2.75, 3.05) is 18.4 Å². The van der Waals surface area contributed by atoms with Gasteiger partial charge in [0.15, 0.2) is 0 Å². The van der Waals surface area contributed by atoms with Crippen LogP contribution in [-0.4, -0.2) is 19.0 Å². The minimum atomic E-state index is -0.606. The first-order valence-electron chi connectivity index (χ1n) is 6.05. The topological polar surface area (TPSA) is 41.1 Å². The molecule has 1 heterocycles. The Balaban J connectivity index is 2.08. The lowest BCUT2D eigenvalue weighted by molar-refractivity contribution is -0.120. The van der Waals surface area contributed by atoms with Crippen molar-refractivity contribution in [3.8, 4) is 0 Å². The molecule has 1 aromatic rings. The molecule has 1 aliphatic heterocycles. The van der Waals surface area contributed by atoms with Crippen LogP contribution in [0.3, 0.4) is 0 Å². The number of aryl methyl sites for hydroxylation is 1. The van der Waals surface area contributed by atoms with E-state index in [1.807, 2.05) is 0 Å². The van der Waals surface area contributed by atoms with E-state index in [2.05, 4.69) is 10.6 Å². The lowest BCUT2D eigenvalue weighted by Gasteiger charge is -2.22. The predicted molar refractivity (Wildman–Crippen MR) is 65.3 cm³/mol. The van der Waals surface area contributed by atoms with Gasteiger partial charge < -0.3 is 10.6 Å². The summed E-state index contributed by atoms with van der Waals surface area (Å²) >= 11 is 0. The molecule has 0 radical (unpaired) electrons. The van der Waals surface area contributed by atoms with Gasteiger partial charge in [-0.3, -0.25) is 4.79 Å². The second kappa shape index (κ2) is 5.44. The van der Waals surface area contributed by atoms with Crippen molar-refractivity contribution in [1.29, 1.82) is 0 Å². The van der Waals surface area contributed by atoms with Crippen LogP contribution in [0.15, 0.2) is 12.1 Å². The lowest BCUT2D eigenvalue weighted by atomic mass is 9.99. The van der Waals surface area contributed by atoms with Gasteiger partial charge in [-0.05, 0) is 37.9 Å². The van der Waals surface area contributed by atoms with Crippen LogP contribution >= 0.6 is 0 Å². The molecule has 1 saturated heterocycles. The molecule has 1 aromatic carbocycles. The second-order valence-electron chi connectivity index (χ2n) is 4.61. The Morgan fingerprint density at radius 1 is 1.39 bits per heavy atom. The third-order valence-corrected chi connectivity index (χ3v) is 3.17. The van der Waals surface area contributed by atoms with E-state index >= 15 is 0 Å². The van der Waals surface area contributed by atoms with Crippen LogP contribution in [0.2, 0.25) is 0 Å². The summed E-state index contributed by atoms with van der Waals surface area (Å²) in [5.41, 5.74) is 0.138. The molecular formula is C13H16F2N2O. The highest BCUT2D eigenvalue weighted by Crippen LogP contribution is 2.20. The number of rotatable bonds is 2. The van der Waals surface area contributed by atoms with Crippen LogP contribution < -0.4 is 10.6 Å². The molecule has 1 atom stereocenters. The number of amides is 1. The molecule has 3 nitrogen and oxygen atoms in total. The van der Waals surface area contributed by atoms with E-state index in [-0.39, 0.29) is 23.1 Å². The van der Waals surface area contributed by atoms with Crippen molar-refractivity contribution in [2.45, 2.75) is 19.8 Å². The van der Waals surface area contributed by atoms with Crippen LogP contribution in [0.4, 0.5) is 14.5 Å². The van der Waals surface area contributed by atoms with E-state index < -0.39 is 11.6 Å². The fraction of sp³-hybridized carbons (Fsp3) is 0.462. The van der Waals surface area contributed by atoms with Gasteiger partial charge in [-0.25, -0.2) is 8.78 Å². The summed E-state index contributed by atoms with van der Waals surface area (Å²) in [6.07, 6.45) is 1.69. The monoisotopic (exact) mass is 254 g/mol. The molecule has 18 heavy (non-hydrogen) atoms. The first-order valence-corrected chi connectivity index (χ1v) is 6.05. The highest BCUT2D eigenvalue weighted by molar-refractivity contribution is 5.92. The zero-order chi connectivity index (χ0) is 13.1. The second-order valence-corrected chi connectivity index (χ2v) is 4.61. The number of hydrogen-bond donors (Lipinski definition) is 2. The van der Waals surface area contributed by atoms with E-state index in [1.165, 1.54) is 6.92 Å². The quantitative estimate of drug-likeness (QED) is 0.849. The zero-order valence-electron chi connectivity index (χ0n) is 10.2. The number of carbonyl (C=O) groups is 1. The maximum absolute atomic E-state index is 13.6. The average molecular weight is 254 g/mol. The highest BCUT2D eigenvalue weighted by Gasteiger charge is 2.22. The fourth-order valence-electron chi connectivity index (χ4n) is 2.05. The molecular weight excluding hydrogens is 238 g/mol. The van der Waals surface area contributed by atoms with Gasteiger partial charge in [0.25, 0.3) is 0 Å². The maximum atomic E-state index is 13.6. The predicted octanol–water partition coefficient (Wildman–Crippen LogP) is 2.21. The number of halogens is 2. The molecule has 0 bridgehead atoms. The van der Waals surface area contributed by atoms with Crippen molar-refractivity contribution in [2.24, 2.45) is 5.92 Å². The van der Waals surface area contributed by atoms with E-state index in [0.29, 0.717) is 6.54 Å². The van der Waals surface area contributed by atoms with Gasteiger partial charge in [-0.1, -0.05) is 0 Å². The number of benzene rings is 1. The first kappa shape index (κ1) is 13.0. The number of nitrogens with one attached hydrogen (secondary N) is 2. The summed E-state index contributed by atoms with van der Waals surface area (Å²) in [7, 11) is 0. The Bertz CT molecular complexity index is 457. The molecule has 0 aromatic heterocycles. The van der Waals surface area contributed by atoms with Gasteiger partial charge in [0, 0.05) is 12.6 Å². The lowest BCUT2D eigenvalue weighted by Crippen LogP contribution is -2.37. The van der Waals surface area contributed by atoms with Gasteiger partial charge in [-0.15, -0.1) is 0 Å². The average Bonchev–Trinajstić information content (AvgIpc) is 2.37. The SMILES string of the molecule is Cc1cc(F)c(NC(=O)[C@H]2CCCNC2)cc1F. The molecule has 1 aliphatic rings. The molecule has 1 fully saturated rings. The molecule has 98 valence electrons. The van der Waals surface area contributed by atoms with Gasteiger partial charge in [0.05, 0.1) is 11.6 Å². The molecule has 2 N–H and O–H groups in total. The normalized spacial score (nSPS) is 19.6. The molecule has 0 unspecified atom stereocenters. The summed E-state index contributed by atoms with van der Waals surface area (Å²) in [6.45, 7) is 2.97. The molecule has 1 amide bonds. The Morgan fingerprint density at radius 2 is 2.17 bits per heavy atom. The molecule has 2 rings (SSSR count). The van der Waals surface area contributed by atoms with Crippen LogP contribution in [-0.2, 0) is 4.79 Å². The summed E-state index contributed by atoms with van der Waals surface area (Å²) < 4.78 is 26.9.